The fourth-order valence-corrected chi connectivity index (χ4v) is 1.88. The Hall–Kier alpha value is -2.04. The van der Waals surface area contributed by atoms with Crippen LogP contribution in [0.3, 0.4) is 0 Å². The van der Waals surface area contributed by atoms with Gasteiger partial charge in [-0.3, -0.25) is 4.68 Å². The summed E-state index contributed by atoms with van der Waals surface area (Å²) in [5, 5.41) is 4.31. The number of ether oxygens (including phenoxy) is 1. The third-order valence-corrected chi connectivity index (χ3v) is 2.67. The third-order valence-electron chi connectivity index (χ3n) is 2.67. The quantitative estimate of drug-likeness (QED) is 0.906. The molecule has 2 rings (SSSR count). The van der Waals surface area contributed by atoms with E-state index in [9.17, 15) is 4.39 Å². The Kier molecular flexibility index (Phi) is 3.50. The lowest BCUT2D eigenvalue weighted by Crippen LogP contribution is -1.98. The van der Waals surface area contributed by atoms with Crippen LogP contribution in [0, 0.1) is 5.82 Å². The van der Waals surface area contributed by atoms with E-state index in [2.05, 4.69) is 5.10 Å². The lowest BCUT2D eigenvalue weighted by atomic mass is 10.1. The van der Waals surface area contributed by atoms with Gasteiger partial charge in [0.2, 0.25) is 0 Å². The smallest absolute Gasteiger partial charge is 0.136 e. The number of benzene rings is 1. The zero-order chi connectivity index (χ0) is 13.1. The van der Waals surface area contributed by atoms with Gasteiger partial charge in [0.1, 0.15) is 17.3 Å². The van der Waals surface area contributed by atoms with E-state index < -0.39 is 0 Å². The topological polar surface area (TPSA) is 53.1 Å². The number of nitrogen functional groups attached to an aromatic ring is 1. The first-order valence-electron chi connectivity index (χ1n) is 5.83. The minimum Gasteiger partial charge on any atom is -0.496 e. The highest BCUT2D eigenvalue weighted by Gasteiger charge is 2.17. The van der Waals surface area contributed by atoms with Gasteiger partial charge in [-0.1, -0.05) is 13.0 Å². The fourth-order valence-electron chi connectivity index (χ4n) is 1.88. The molecule has 1 aromatic heterocycles. The molecule has 4 nitrogen and oxygen atoms in total. The van der Waals surface area contributed by atoms with Crippen LogP contribution >= 0.6 is 0 Å². The highest BCUT2D eigenvalue weighted by molar-refractivity contribution is 5.77. The highest BCUT2D eigenvalue weighted by atomic mass is 19.1. The molecule has 0 aliphatic carbocycles. The number of hydrogen-bond acceptors (Lipinski definition) is 3. The molecule has 0 atom stereocenters. The maximum absolute atomic E-state index is 13.9. The lowest BCUT2D eigenvalue weighted by Gasteiger charge is -2.07. The van der Waals surface area contributed by atoms with Gasteiger partial charge in [-0.05, 0) is 18.6 Å². The lowest BCUT2D eigenvalue weighted by molar-refractivity contribution is 0.413. The summed E-state index contributed by atoms with van der Waals surface area (Å²) in [5.41, 5.74) is 7.08. The van der Waals surface area contributed by atoms with E-state index in [-0.39, 0.29) is 5.82 Å². The number of halogens is 1. The molecule has 0 radical (unpaired) electrons. The van der Waals surface area contributed by atoms with Gasteiger partial charge >= 0.3 is 0 Å². The first-order valence-corrected chi connectivity index (χ1v) is 5.83. The van der Waals surface area contributed by atoms with Crippen molar-refractivity contribution >= 4 is 5.69 Å². The van der Waals surface area contributed by atoms with Crippen LogP contribution in [0.25, 0.3) is 11.3 Å². The summed E-state index contributed by atoms with van der Waals surface area (Å²) < 4.78 is 20.8. The van der Waals surface area contributed by atoms with Gasteiger partial charge in [0.05, 0.1) is 18.4 Å². The average molecular weight is 249 g/mol. The number of methoxy groups -OCH3 is 1. The zero-order valence-corrected chi connectivity index (χ0v) is 10.5. The summed E-state index contributed by atoms with van der Waals surface area (Å²) >= 11 is 0. The van der Waals surface area contributed by atoms with Gasteiger partial charge in [0, 0.05) is 12.7 Å². The van der Waals surface area contributed by atoms with Crippen molar-refractivity contribution < 1.29 is 9.13 Å². The average Bonchev–Trinajstić information content (AvgIpc) is 2.70. The van der Waals surface area contributed by atoms with Crippen molar-refractivity contribution in [2.45, 2.75) is 19.9 Å². The third kappa shape index (κ3) is 2.16. The minimum atomic E-state index is -0.386. The molecule has 0 aliphatic rings. The normalized spacial score (nSPS) is 10.6. The van der Waals surface area contributed by atoms with Crippen molar-refractivity contribution in [2.24, 2.45) is 0 Å². The van der Waals surface area contributed by atoms with Crippen LogP contribution in [0.4, 0.5) is 10.1 Å². The Labute approximate surface area is 105 Å². The monoisotopic (exact) mass is 249 g/mol. The zero-order valence-electron chi connectivity index (χ0n) is 10.5. The molecule has 2 N–H and O–H groups in total. The van der Waals surface area contributed by atoms with Crippen molar-refractivity contribution in [3.63, 3.8) is 0 Å². The molecule has 0 amide bonds. The van der Waals surface area contributed by atoms with Gasteiger partial charge in [-0.2, -0.15) is 5.10 Å². The van der Waals surface area contributed by atoms with Gasteiger partial charge in [-0.15, -0.1) is 0 Å². The Morgan fingerprint density at radius 3 is 2.89 bits per heavy atom. The van der Waals surface area contributed by atoms with Crippen molar-refractivity contribution in [3.05, 3.63) is 30.2 Å². The van der Waals surface area contributed by atoms with Crippen molar-refractivity contribution in [3.8, 4) is 17.0 Å². The summed E-state index contributed by atoms with van der Waals surface area (Å²) in [4.78, 5) is 0. The minimum absolute atomic E-state index is 0.312. The van der Waals surface area contributed by atoms with Crippen LogP contribution in [0.15, 0.2) is 24.4 Å². The predicted octanol–water partition coefficient (Wildman–Crippen LogP) is 2.69. The van der Waals surface area contributed by atoms with E-state index in [0.29, 0.717) is 22.7 Å². The van der Waals surface area contributed by atoms with Gasteiger partial charge in [0.25, 0.3) is 0 Å². The molecule has 5 heteroatoms. The standard InChI is InChI=1S/C13H16FN3O/c1-3-7-17-8-10(15)13(16-17)12-9(14)5-4-6-11(12)18-2/h4-6,8H,3,7,15H2,1-2H3. The van der Waals surface area contributed by atoms with Crippen LogP contribution in [0.5, 0.6) is 5.75 Å². The van der Waals surface area contributed by atoms with Crippen molar-refractivity contribution in [2.75, 3.05) is 12.8 Å². The molecule has 0 saturated heterocycles. The molecule has 18 heavy (non-hydrogen) atoms. The number of hydrogen-bond donors (Lipinski definition) is 1. The Morgan fingerprint density at radius 1 is 1.44 bits per heavy atom. The fraction of sp³-hybridized carbons (Fsp3) is 0.308. The second-order valence-electron chi connectivity index (χ2n) is 4.01. The molecule has 0 aliphatic heterocycles. The summed E-state index contributed by atoms with van der Waals surface area (Å²) in [5.74, 6) is 0.0475. The first-order chi connectivity index (χ1) is 8.67. The van der Waals surface area contributed by atoms with E-state index in [1.165, 1.54) is 13.2 Å². The van der Waals surface area contributed by atoms with Crippen molar-refractivity contribution in [1.29, 1.82) is 0 Å². The number of aryl methyl sites for hydroxylation is 1. The highest BCUT2D eigenvalue weighted by Crippen LogP contribution is 2.34. The van der Waals surface area contributed by atoms with Crippen LogP contribution in [0.1, 0.15) is 13.3 Å². The number of aromatic nitrogens is 2. The number of nitrogens with two attached hydrogens (primary N) is 1. The van der Waals surface area contributed by atoms with Gasteiger partial charge in [-0.25, -0.2) is 4.39 Å². The van der Waals surface area contributed by atoms with E-state index >= 15 is 0 Å². The maximum atomic E-state index is 13.9. The number of anilines is 1. The van der Waals surface area contributed by atoms with Crippen LogP contribution < -0.4 is 10.5 Å². The SMILES string of the molecule is CCCn1cc(N)c(-c2c(F)cccc2OC)n1. The summed E-state index contributed by atoms with van der Waals surface area (Å²) in [6.07, 6.45) is 2.65. The van der Waals surface area contributed by atoms with Crippen LogP contribution in [-0.2, 0) is 6.54 Å². The van der Waals surface area contributed by atoms with E-state index in [4.69, 9.17) is 10.5 Å². The molecule has 0 saturated carbocycles. The molecule has 2 aromatic rings. The largest absolute Gasteiger partial charge is 0.496 e. The predicted molar refractivity (Wildman–Crippen MR) is 68.9 cm³/mol. The first kappa shape index (κ1) is 12.4. The second kappa shape index (κ2) is 5.08. The van der Waals surface area contributed by atoms with Crippen LogP contribution in [0.2, 0.25) is 0 Å². The number of nitrogens with zero attached hydrogens (tertiary/aromatic N) is 2. The van der Waals surface area contributed by atoms with Crippen molar-refractivity contribution in [1.82, 2.24) is 9.78 Å². The van der Waals surface area contributed by atoms with E-state index in [1.807, 2.05) is 6.92 Å². The summed E-state index contributed by atoms with van der Waals surface area (Å²) in [7, 11) is 1.50. The molecule has 0 spiro atoms. The Morgan fingerprint density at radius 2 is 2.22 bits per heavy atom. The molecule has 0 bridgehead atoms. The molecule has 0 unspecified atom stereocenters. The summed E-state index contributed by atoms with van der Waals surface area (Å²) in [6.45, 7) is 2.79. The molecule has 96 valence electrons. The van der Waals surface area contributed by atoms with E-state index in [1.54, 1.807) is 23.0 Å². The van der Waals surface area contributed by atoms with Gasteiger partial charge in [0.15, 0.2) is 0 Å². The molecule has 1 heterocycles. The molecular weight excluding hydrogens is 233 g/mol. The molecule has 1 aromatic carbocycles. The summed E-state index contributed by atoms with van der Waals surface area (Å²) in [6, 6.07) is 4.66. The molecular formula is C13H16FN3O. The van der Waals surface area contributed by atoms with Crippen LogP contribution in [-0.4, -0.2) is 16.9 Å². The van der Waals surface area contributed by atoms with Gasteiger partial charge < -0.3 is 10.5 Å². The second-order valence-corrected chi connectivity index (χ2v) is 4.01. The molecule has 0 fully saturated rings. The maximum Gasteiger partial charge on any atom is 0.136 e. The Balaban J connectivity index is 2.54. The Bertz CT molecular complexity index is 551. The van der Waals surface area contributed by atoms with E-state index in [0.717, 1.165) is 13.0 Å². The number of rotatable bonds is 4.